The average Bonchev–Trinajstić information content (AvgIpc) is 3.52. The number of carbonyl (C=O) groups excluding carboxylic acids is 2. The molecule has 28 heavy (non-hydrogen) atoms. The summed E-state index contributed by atoms with van der Waals surface area (Å²) in [6, 6.07) is 12.3. The molecular weight excluding hydrogens is 356 g/mol. The summed E-state index contributed by atoms with van der Waals surface area (Å²) in [4.78, 5) is 24.6. The van der Waals surface area contributed by atoms with E-state index in [0.717, 1.165) is 25.7 Å². The third-order valence-corrected chi connectivity index (χ3v) is 4.50. The summed E-state index contributed by atoms with van der Waals surface area (Å²) in [5.74, 6) is 0.812. The van der Waals surface area contributed by atoms with Crippen LogP contribution in [0.15, 0.2) is 42.5 Å². The van der Waals surface area contributed by atoms with Crippen molar-refractivity contribution in [2.45, 2.75) is 38.6 Å². The van der Waals surface area contributed by atoms with Gasteiger partial charge >= 0.3 is 0 Å². The van der Waals surface area contributed by atoms with Crippen LogP contribution in [0.1, 0.15) is 53.3 Å². The maximum Gasteiger partial charge on any atom is 0.255 e. The van der Waals surface area contributed by atoms with Gasteiger partial charge in [0.2, 0.25) is 0 Å². The van der Waals surface area contributed by atoms with E-state index in [-0.39, 0.29) is 11.8 Å². The lowest BCUT2D eigenvalue weighted by Crippen LogP contribution is -2.25. The molecule has 0 unspecified atom stereocenters. The van der Waals surface area contributed by atoms with Crippen molar-refractivity contribution in [2.75, 3.05) is 19.0 Å². The molecule has 2 aromatic carbocycles. The minimum absolute atomic E-state index is 0.0798. The lowest BCUT2D eigenvalue weighted by molar-refractivity contribution is 0.0950. The van der Waals surface area contributed by atoms with Crippen LogP contribution in [0.3, 0.4) is 0 Å². The highest BCUT2D eigenvalue weighted by molar-refractivity contribution is 6.05. The minimum Gasteiger partial charge on any atom is -0.493 e. The highest BCUT2D eigenvalue weighted by Gasteiger charge is 2.23. The van der Waals surface area contributed by atoms with E-state index in [1.807, 2.05) is 0 Å². The normalized spacial score (nSPS) is 12.9. The smallest absolute Gasteiger partial charge is 0.255 e. The van der Waals surface area contributed by atoms with Gasteiger partial charge in [0, 0.05) is 22.9 Å². The molecule has 148 valence electrons. The number of ether oxygens (including phenoxy) is 2. The molecule has 1 aliphatic rings. The first-order valence-electron chi connectivity index (χ1n) is 9.64. The van der Waals surface area contributed by atoms with Gasteiger partial charge in [-0.1, -0.05) is 13.3 Å². The van der Waals surface area contributed by atoms with Crippen LogP contribution in [0.2, 0.25) is 0 Å². The fourth-order valence-electron chi connectivity index (χ4n) is 2.66. The number of carbonyl (C=O) groups is 2. The molecule has 0 atom stereocenters. The summed E-state index contributed by atoms with van der Waals surface area (Å²) >= 11 is 0. The van der Waals surface area contributed by atoms with Crippen LogP contribution in [-0.2, 0) is 0 Å². The van der Waals surface area contributed by atoms with Gasteiger partial charge in [-0.15, -0.1) is 0 Å². The van der Waals surface area contributed by atoms with Crippen LogP contribution >= 0.6 is 0 Å². The molecule has 0 bridgehead atoms. The van der Waals surface area contributed by atoms with E-state index < -0.39 is 0 Å². The number of amides is 2. The van der Waals surface area contributed by atoms with Gasteiger partial charge in [0.15, 0.2) is 11.5 Å². The number of anilines is 1. The number of rotatable bonds is 9. The Balaban J connectivity index is 1.62. The number of methoxy groups -OCH3 is 1. The van der Waals surface area contributed by atoms with E-state index in [9.17, 15) is 9.59 Å². The Bertz CT molecular complexity index is 829. The largest absolute Gasteiger partial charge is 0.493 e. The van der Waals surface area contributed by atoms with Gasteiger partial charge in [0.25, 0.3) is 11.8 Å². The van der Waals surface area contributed by atoms with E-state index in [1.165, 1.54) is 0 Å². The van der Waals surface area contributed by atoms with Gasteiger partial charge < -0.3 is 20.1 Å². The van der Waals surface area contributed by atoms with Crippen molar-refractivity contribution < 1.29 is 19.1 Å². The Morgan fingerprint density at radius 3 is 2.36 bits per heavy atom. The molecule has 2 amide bonds. The van der Waals surface area contributed by atoms with Crippen molar-refractivity contribution in [1.29, 1.82) is 0 Å². The van der Waals surface area contributed by atoms with Crippen LogP contribution in [0.25, 0.3) is 0 Å². The maximum atomic E-state index is 12.5. The van der Waals surface area contributed by atoms with E-state index in [0.29, 0.717) is 41.0 Å². The molecular formula is C22H26N2O4. The first-order chi connectivity index (χ1) is 13.6. The molecule has 2 N–H and O–H groups in total. The SMILES string of the molecule is CCCCOc1ccc(C(=O)Nc2ccc(C(=O)NC3CC3)cc2)cc1OC. The van der Waals surface area contributed by atoms with E-state index in [4.69, 9.17) is 9.47 Å². The lowest BCUT2D eigenvalue weighted by Gasteiger charge is -2.12. The Kier molecular flexibility index (Phi) is 6.53. The Labute approximate surface area is 165 Å². The molecule has 6 heteroatoms. The Morgan fingerprint density at radius 1 is 1.00 bits per heavy atom. The van der Waals surface area contributed by atoms with Crippen molar-refractivity contribution in [1.82, 2.24) is 5.32 Å². The van der Waals surface area contributed by atoms with Gasteiger partial charge in [-0.05, 0) is 61.7 Å². The topological polar surface area (TPSA) is 76.7 Å². The number of benzene rings is 2. The van der Waals surface area contributed by atoms with E-state index >= 15 is 0 Å². The fourth-order valence-corrected chi connectivity index (χ4v) is 2.66. The van der Waals surface area contributed by atoms with Gasteiger partial charge in [-0.2, -0.15) is 0 Å². The number of nitrogens with one attached hydrogen (secondary N) is 2. The Morgan fingerprint density at radius 2 is 1.71 bits per heavy atom. The molecule has 1 saturated carbocycles. The van der Waals surface area contributed by atoms with Crippen molar-refractivity contribution in [2.24, 2.45) is 0 Å². The van der Waals surface area contributed by atoms with Crippen molar-refractivity contribution in [3.63, 3.8) is 0 Å². The van der Waals surface area contributed by atoms with Crippen molar-refractivity contribution in [3.8, 4) is 11.5 Å². The fraction of sp³-hybridized carbons (Fsp3) is 0.364. The third-order valence-electron chi connectivity index (χ3n) is 4.50. The van der Waals surface area contributed by atoms with Gasteiger partial charge in [0.05, 0.1) is 13.7 Å². The van der Waals surface area contributed by atoms with E-state index in [1.54, 1.807) is 49.6 Å². The summed E-state index contributed by atoms with van der Waals surface area (Å²) in [5.41, 5.74) is 1.67. The molecule has 0 saturated heterocycles. The minimum atomic E-state index is -0.256. The van der Waals surface area contributed by atoms with Crippen molar-refractivity contribution in [3.05, 3.63) is 53.6 Å². The summed E-state index contributed by atoms with van der Waals surface area (Å²) < 4.78 is 11.0. The average molecular weight is 382 g/mol. The third kappa shape index (κ3) is 5.25. The van der Waals surface area contributed by atoms with Crippen LogP contribution in [-0.4, -0.2) is 31.6 Å². The molecule has 1 fully saturated rings. The summed E-state index contributed by atoms with van der Waals surface area (Å²) in [5, 5.41) is 5.77. The highest BCUT2D eigenvalue weighted by Crippen LogP contribution is 2.28. The number of hydrogen-bond donors (Lipinski definition) is 2. The predicted octanol–water partition coefficient (Wildman–Crippen LogP) is 4.02. The van der Waals surface area contributed by atoms with Crippen molar-refractivity contribution >= 4 is 17.5 Å². The summed E-state index contributed by atoms with van der Waals surface area (Å²) in [6.45, 7) is 2.71. The zero-order valence-electron chi connectivity index (χ0n) is 16.3. The van der Waals surface area contributed by atoms with Gasteiger partial charge in [-0.3, -0.25) is 9.59 Å². The first-order valence-corrected chi connectivity index (χ1v) is 9.64. The molecule has 3 rings (SSSR count). The monoisotopic (exact) mass is 382 g/mol. The molecule has 0 aromatic heterocycles. The lowest BCUT2D eigenvalue weighted by atomic mass is 10.1. The molecule has 0 aliphatic heterocycles. The second-order valence-electron chi connectivity index (χ2n) is 6.85. The van der Waals surface area contributed by atoms with Crippen LogP contribution < -0.4 is 20.1 Å². The zero-order valence-corrected chi connectivity index (χ0v) is 16.3. The number of hydrogen-bond acceptors (Lipinski definition) is 4. The first kappa shape index (κ1) is 19.7. The summed E-state index contributed by atoms with van der Waals surface area (Å²) in [7, 11) is 1.55. The molecule has 0 radical (unpaired) electrons. The molecule has 1 aliphatic carbocycles. The predicted molar refractivity (Wildman–Crippen MR) is 108 cm³/mol. The van der Waals surface area contributed by atoms with E-state index in [2.05, 4.69) is 17.6 Å². The standard InChI is InChI=1S/C22H26N2O4/c1-3-4-13-28-19-12-7-16(14-20(19)27-2)22(26)24-17-8-5-15(6-9-17)21(25)23-18-10-11-18/h5-9,12,14,18H,3-4,10-11,13H2,1-2H3,(H,23,25)(H,24,26). The quantitative estimate of drug-likeness (QED) is 0.642. The Hall–Kier alpha value is -3.02. The van der Waals surface area contributed by atoms with Crippen LogP contribution in [0.4, 0.5) is 5.69 Å². The molecule has 0 heterocycles. The van der Waals surface area contributed by atoms with Gasteiger partial charge in [-0.25, -0.2) is 0 Å². The van der Waals surface area contributed by atoms with Crippen LogP contribution in [0.5, 0.6) is 11.5 Å². The maximum absolute atomic E-state index is 12.5. The summed E-state index contributed by atoms with van der Waals surface area (Å²) in [6.07, 6.45) is 4.10. The molecule has 0 spiro atoms. The number of unbranched alkanes of at least 4 members (excludes halogenated alkanes) is 1. The van der Waals surface area contributed by atoms with Crippen LogP contribution in [0, 0.1) is 0 Å². The second kappa shape index (κ2) is 9.26. The van der Waals surface area contributed by atoms with Gasteiger partial charge in [0.1, 0.15) is 0 Å². The zero-order chi connectivity index (χ0) is 19.9. The second-order valence-corrected chi connectivity index (χ2v) is 6.85. The molecule has 6 nitrogen and oxygen atoms in total. The highest BCUT2D eigenvalue weighted by atomic mass is 16.5. The molecule has 2 aromatic rings.